The highest BCUT2D eigenvalue weighted by Gasteiger charge is 2.16. The lowest BCUT2D eigenvalue weighted by atomic mass is 10.2. The number of halogens is 1. The number of rotatable bonds is 8. The molecular weight excluding hydrogens is 450 g/mol. The van der Waals surface area contributed by atoms with Crippen LogP contribution >= 0.6 is 23.8 Å². The van der Waals surface area contributed by atoms with E-state index in [0.29, 0.717) is 24.7 Å². The van der Waals surface area contributed by atoms with Crippen molar-refractivity contribution < 1.29 is 4.74 Å². The van der Waals surface area contributed by atoms with E-state index in [0.717, 1.165) is 27.7 Å². The summed E-state index contributed by atoms with van der Waals surface area (Å²) in [5.74, 6) is 0.751. The van der Waals surface area contributed by atoms with Crippen molar-refractivity contribution in [1.82, 2.24) is 9.47 Å². The number of hydrogen-bond donors (Lipinski definition) is 1. The van der Waals surface area contributed by atoms with Gasteiger partial charge in [-0.3, -0.25) is 0 Å². The van der Waals surface area contributed by atoms with E-state index < -0.39 is 0 Å². The van der Waals surface area contributed by atoms with Gasteiger partial charge in [-0.05, 0) is 53.7 Å². The first kappa shape index (κ1) is 22.9. The van der Waals surface area contributed by atoms with Crippen molar-refractivity contribution in [3.63, 3.8) is 0 Å². The molecule has 0 fully saturated rings. The summed E-state index contributed by atoms with van der Waals surface area (Å²) in [4.78, 5) is 2.16. The molecule has 0 radical (unpaired) electrons. The Morgan fingerprint density at radius 1 is 0.909 bits per heavy atom. The van der Waals surface area contributed by atoms with E-state index in [9.17, 15) is 0 Å². The molecular formula is C27H26ClN3OS. The molecule has 0 atom stereocenters. The number of ether oxygens (including phenoxy) is 1. The van der Waals surface area contributed by atoms with Crippen molar-refractivity contribution >= 4 is 34.6 Å². The van der Waals surface area contributed by atoms with Gasteiger partial charge in [-0.15, -0.1) is 0 Å². The second kappa shape index (κ2) is 11.0. The van der Waals surface area contributed by atoms with Crippen LogP contribution in [0.1, 0.15) is 16.8 Å². The van der Waals surface area contributed by atoms with Gasteiger partial charge >= 0.3 is 0 Å². The molecule has 33 heavy (non-hydrogen) atoms. The van der Waals surface area contributed by atoms with Crippen LogP contribution in [0.3, 0.4) is 0 Å². The highest BCUT2D eigenvalue weighted by Crippen LogP contribution is 2.24. The van der Waals surface area contributed by atoms with Crippen LogP contribution in [-0.4, -0.2) is 21.7 Å². The molecule has 1 aromatic heterocycles. The zero-order valence-electron chi connectivity index (χ0n) is 18.4. The minimum absolute atomic E-state index is 0.633. The molecule has 1 N–H and O–H groups in total. The molecule has 0 amide bonds. The summed E-state index contributed by atoms with van der Waals surface area (Å²) in [6.07, 6.45) is 2.08. The van der Waals surface area contributed by atoms with Crippen molar-refractivity contribution in [2.45, 2.75) is 19.6 Å². The zero-order valence-corrected chi connectivity index (χ0v) is 20.0. The van der Waals surface area contributed by atoms with Gasteiger partial charge in [-0.25, -0.2) is 0 Å². The van der Waals surface area contributed by atoms with Crippen LogP contribution in [0.4, 0.5) is 5.69 Å². The number of aromatic nitrogens is 1. The van der Waals surface area contributed by atoms with E-state index in [-0.39, 0.29) is 0 Å². The molecule has 1 heterocycles. The molecule has 0 saturated carbocycles. The normalized spacial score (nSPS) is 10.6. The number of thiocarbonyl (C=S) groups is 1. The first-order valence-corrected chi connectivity index (χ1v) is 11.5. The Labute approximate surface area is 205 Å². The third kappa shape index (κ3) is 5.95. The second-order valence-corrected chi connectivity index (χ2v) is 8.48. The van der Waals surface area contributed by atoms with E-state index in [1.165, 1.54) is 5.56 Å². The average molecular weight is 476 g/mol. The Hall–Kier alpha value is -3.28. The van der Waals surface area contributed by atoms with Gasteiger partial charge in [0.1, 0.15) is 5.75 Å². The summed E-state index contributed by atoms with van der Waals surface area (Å²) in [5, 5.41) is 4.78. The number of hydrogen-bond acceptors (Lipinski definition) is 2. The standard InChI is InChI=1S/C27H26ClN3OS/c1-32-26-16-8-7-15-25(26)29-27(33)31(18-21-10-3-2-4-11-21)20-23-13-9-17-30(23)19-22-12-5-6-14-24(22)28/h2-17H,18-20H2,1H3,(H,29,33). The second-order valence-electron chi connectivity index (χ2n) is 7.69. The molecule has 4 aromatic rings. The molecule has 4 rings (SSSR count). The van der Waals surface area contributed by atoms with Crippen LogP contribution in [0.2, 0.25) is 5.02 Å². The number of methoxy groups -OCH3 is 1. The van der Waals surface area contributed by atoms with Crippen LogP contribution in [-0.2, 0) is 19.6 Å². The van der Waals surface area contributed by atoms with E-state index in [1.807, 2.05) is 60.7 Å². The molecule has 0 aliphatic heterocycles. The predicted octanol–water partition coefficient (Wildman–Crippen LogP) is 6.60. The van der Waals surface area contributed by atoms with Crippen molar-refractivity contribution in [2.75, 3.05) is 12.4 Å². The zero-order chi connectivity index (χ0) is 23.0. The van der Waals surface area contributed by atoms with Crippen molar-refractivity contribution in [3.05, 3.63) is 119 Å². The molecule has 0 unspecified atom stereocenters. The van der Waals surface area contributed by atoms with Gasteiger partial charge in [0.25, 0.3) is 0 Å². The van der Waals surface area contributed by atoms with E-state index in [4.69, 9.17) is 28.6 Å². The Balaban J connectivity index is 1.57. The molecule has 3 aromatic carbocycles. The fourth-order valence-electron chi connectivity index (χ4n) is 3.70. The minimum atomic E-state index is 0.633. The smallest absolute Gasteiger partial charge is 0.174 e. The van der Waals surface area contributed by atoms with Gasteiger partial charge in [0.15, 0.2) is 5.11 Å². The summed E-state index contributed by atoms with van der Waals surface area (Å²) in [5.41, 5.74) is 4.26. The molecule has 4 nitrogen and oxygen atoms in total. The SMILES string of the molecule is COc1ccccc1NC(=S)N(Cc1ccccc1)Cc1cccn1Cc1ccccc1Cl. The molecule has 0 spiro atoms. The van der Waals surface area contributed by atoms with E-state index >= 15 is 0 Å². The summed E-state index contributed by atoms with van der Waals surface area (Å²) in [6.45, 7) is 2.03. The van der Waals surface area contributed by atoms with Crippen LogP contribution in [0, 0.1) is 0 Å². The first-order chi connectivity index (χ1) is 16.1. The highest BCUT2D eigenvalue weighted by molar-refractivity contribution is 7.80. The number of benzene rings is 3. The lowest BCUT2D eigenvalue weighted by Crippen LogP contribution is -2.34. The van der Waals surface area contributed by atoms with Gasteiger partial charge in [-0.2, -0.15) is 0 Å². The predicted molar refractivity (Wildman–Crippen MR) is 140 cm³/mol. The summed E-state index contributed by atoms with van der Waals surface area (Å²) < 4.78 is 7.70. The lowest BCUT2D eigenvalue weighted by molar-refractivity contribution is 0.398. The van der Waals surface area contributed by atoms with Gasteiger partial charge in [0.05, 0.1) is 19.3 Å². The summed E-state index contributed by atoms with van der Waals surface area (Å²) in [6, 6.07) is 30.3. The molecule has 6 heteroatoms. The largest absolute Gasteiger partial charge is 0.495 e. The van der Waals surface area contributed by atoms with Crippen molar-refractivity contribution in [1.29, 1.82) is 0 Å². The Morgan fingerprint density at radius 2 is 1.64 bits per heavy atom. The molecule has 0 aliphatic rings. The number of nitrogens with one attached hydrogen (secondary N) is 1. The van der Waals surface area contributed by atoms with Crippen LogP contribution in [0.15, 0.2) is 97.2 Å². The number of para-hydroxylation sites is 2. The Morgan fingerprint density at radius 3 is 2.42 bits per heavy atom. The Bertz CT molecular complexity index is 1210. The van der Waals surface area contributed by atoms with E-state index in [1.54, 1.807) is 7.11 Å². The average Bonchev–Trinajstić information content (AvgIpc) is 3.27. The van der Waals surface area contributed by atoms with Gasteiger partial charge < -0.3 is 19.5 Å². The number of anilines is 1. The summed E-state index contributed by atoms with van der Waals surface area (Å²) >= 11 is 12.3. The molecule has 0 bridgehead atoms. The quantitative estimate of drug-likeness (QED) is 0.291. The van der Waals surface area contributed by atoms with Gasteiger partial charge in [0, 0.05) is 30.0 Å². The van der Waals surface area contributed by atoms with E-state index in [2.05, 4.69) is 51.3 Å². The summed E-state index contributed by atoms with van der Waals surface area (Å²) in [7, 11) is 1.66. The molecule has 0 saturated heterocycles. The van der Waals surface area contributed by atoms with Crippen molar-refractivity contribution in [2.24, 2.45) is 0 Å². The minimum Gasteiger partial charge on any atom is -0.495 e. The lowest BCUT2D eigenvalue weighted by Gasteiger charge is -2.27. The third-order valence-electron chi connectivity index (χ3n) is 5.43. The monoisotopic (exact) mass is 475 g/mol. The van der Waals surface area contributed by atoms with Crippen LogP contribution in [0.5, 0.6) is 5.75 Å². The fraction of sp³-hybridized carbons (Fsp3) is 0.148. The van der Waals surface area contributed by atoms with Gasteiger partial charge in [-0.1, -0.05) is 72.3 Å². The molecule has 168 valence electrons. The topological polar surface area (TPSA) is 29.4 Å². The molecule has 0 aliphatic carbocycles. The Kier molecular flexibility index (Phi) is 7.66. The third-order valence-corrected chi connectivity index (χ3v) is 6.16. The van der Waals surface area contributed by atoms with Crippen LogP contribution < -0.4 is 10.1 Å². The maximum absolute atomic E-state index is 6.41. The number of nitrogens with zero attached hydrogens (tertiary/aromatic N) is 2. The fourth-order valence-corrected chi connectivity index (χ4v) is 4.13. The van der Waals surface area contributed by atoms with Crippen LogP contribution in [0.25, 0.3) is 0 Å². The maximum Gasteiger partial charge on any atom is 0.174 e. The first-order valence-electron chi connectivity index (χ1n) is 10.7. The maximum atomic E-state index is 6.41. The van der Waals surface area contributed by atoms with Gasteiger partial charge in [0.2, 0.25) is 0 Å². The highest BCUT2D eigenvalue weighted by atomic mass is 35.5. The van der Waals surface area contributed by atoms with Crippen molar-refractivity contribution in [3.8, 4) is 5.75 Å².